The SMILES string of the molecule is CC(C)c1ccc(OCC(=O)Nc2ccccc2CN2CCOCC2)cc1. The molecule has 2 aromatic carbocycles. The van der Waals surface area contributed by atoms with E-state index in [2.05, 4.69) is 30.1 Å². The molecule has 1 N–H and O–H groups in total. The van der Waals surface area contributed by atoms with E-state index >= 15 is 0 Å². The van der Waals surface area contributed by atoms with Crippen LogP contribution in [0.4, 0.5) is 5.69 Å². The van der Waals surface area contributed by atoms with Gasteiger partial charge in [0.2, 0.25) is 0 Å². The molecule has 0 saturated carbocycles. The first-order chi connectivity index (χ1) is 13.1. The second-order valence-corrected chi connectivity index (χ2v) is 7.11. The fourth-order valence-corrected chi connectivity index (χ4v) is 3.06. The lowest BCUT2D eigenvalue weighted by molar-refractivity contribution is -0.118. The highest BCUT2D eigenvalue weighted by Gasteiger charge is 2.14. The zero-order valence-corrected chi connectivity index (χ0v) is 16.1. The predicted molar refractivity (Wildman–Crippen MR) is 107 cm³/mol. The molecule has 1 amide bonds. The third-order valence-electron chi connectivity index (χ3n) is 4.71. The molecule has 27 heavy (non-hydrogen) atoms. The molecule has 2 aromatic rings. The second-order valence-electron chi connectivity index (χ2n) is 7.11. The van der Waals surface area contributed by atoms with Crippen LogP contribution in [-0.2, 0) is 16.1 Å². The number of carbonyl (C=O) groups excluding carboxylic acids is 1. The number of morpholine rings is 1. The largest absolute Gasteiger partial charge is 0.484 e. The van der Waals surface area contributed by atoms with Gasteiger partial charge in [-0.2, -0.15) is 0 Å². The van der Waals surface area contributed by atoms with Gasteiger partial charge in [-0.25, -0.2) is 0 Å². The van der Waals surface area contributed by atoms with Crippen molar-refractivity contribution in [3.05, 3.63) is 59.7 Å². The number of anilines is 1. The summed E-state index contributed by atoms with van der Waals surface area (Å²) in [4.78, 5) is 14.7. The molecular formula is C22H28N2O3. The van der Waals surface area contributed by atoms with Crippen LogP contribution in [0.5, 0.6) is 5.75 Å². The smallest absolute Gasteiger partial charge is 0.262 e. The van der Waals surface area contributed by atoms with Crippen LogP contribution in [-0.4, -0.2) is 43.7 Å². The Labute approximate surface area is 161 Å². The number of hydrogen-bond acceptors (Lipinski definition) is 4. The molecule has 1 fully saturated rings. The van der Waals surface area contributed by atoms with Gasteiger partial charge >= 0.3 is 0 Å². The van der Waals surface area contributed by atoms with Gasteiger partial charge in [-0.05, 0) is 35.2 Å². The number of nitrogens with zero attached hydrogens (tertiary/aromatic N) is 1. The lowest BCUT2D eigenvalue weighted by Crippen LogP contribution is -2.36. The number of amides is 1. The van der Waals surface area contributed by atoms with Crippen molar-refractivity contribution in [3.63, 3.8) is 0 Å². The minimum atomic E-state index is -0.155. The van der Waals surface area contributed by atoms with Gasteiger partial charge in [0, 0.05) is 25.3 Å². The summed E-state index contributed by atoms with van der Waals surface area (Å²) in [5.41, 5.74) is 3.20. The standard InChI is InChI=1S/C22H28N2O3/c1-17(2)18-7-9-20(10-8-18)27-16-22(25)23-21-6-4-3-5-19(21)15-24-11-13-26-14-12-24/h3-10,17H,11-16H2,1-2H3,(H,23,25). The van der Waals surface area contributed by atoms with Crippen molar-refractivity contribution in [2.45, 2.75) is 26.3 Å². The normalized spacial score (nSPS) is 14.9. The lowest BCUT2D eigenvalue weighted by Gasteiger charge is -2.27. The molecule has 0 aromatic heterocycles. The van der Waals surface area contributed by atoms with Crippen LogP contribution < -0.4 is 10.1 Å². The van der Waals surface area contributed by atoms with E-state index in [1.807, 2.05) is 42.5 Å². The van der Waals surface area contributed by atoms with Crippen molar-refractivity contribution in [1.29, 1.82) is 0 Å². The Morgan fingerprint density at radius 3 is 2.52 bits per heavy atom. The quantitative estimate of drug-likeness (QED) is 0.810. The Bertz CT molecular complexity index is 737. The molecule has 0 spiro atoms. The van der Waals surface area contributed by atoms with Crippen LogP contribution in [0.25, 0.3) is 0 Å². The van der Waals surface area contributed by atoms with Crippen molar-refractivity contribution in [2.75, 3.05) is 38.2 Å². The zero-order chi connectivity index (χ0) is 19.1. The lowest BCUT2D eigenvalue weighted by atomic mass is 10.0. The van der Waals surface area contributed by atoms with Gasteiger partial charge in [0.1, 0.15) is 5.75 Å². The Kier molecular flexibility index (Phi) is 6.85. The van der Waals surface area contributed by atoms with Crippen molar-refractivity contribution in [3.8, 4) is 5.75 Å². The minimum Gasteiger partial charge on any atom is -0.484 e. The highest BCUT2D eigenvalue weighted by molar-refractivity contribution is 5.92. The number of para-hydroxylation sites is 1. The highest BCUT2D eigenvalue weighted by Crippen LogP contribution is 2.20. The van der Waals surface area contributed by atoms with Crippen LogP contribution in [0, 0.1) is 0 Å². The number of nitrogens with one attached hydrogen (secondary N) is 1. The molecule has 144 valence electrons. The van der Waals surface area contributed by atoms with Crippen LogP contribution >= 0.6 is 0 Å². The molecule has 1 aliphatic rings. The first kappa shape index (κ1) is 19.4. The molecule has 0 bridgehead atoms. The summed E-state index contributed by atoms with van der Waals surface area (Å²) >= 11 is 0. The fourth-order valence-electron chi connectivity index (χ4n) is 3.06. The number of rotatable bonds is 7. The van der Waals surface area contributed by atoms with Crippen molar-refractivity contribution < 1.29 is 14.3 Å². The molecule has 1 saturated heterocycles. The fraction of sp³-hybridized carbons (Fsp3) is 0.409. The molecule has 0 aliphatic carbocycles. The van der Waals surface area contributed by atoms with E-state index in [1.165, 1.54) is 5.56 Å². The van der Waals surface area contributed by atoms with Crippen LogP contribution in [0.2, 0.25) is 0 Å². The van der Waals surface area contributed by atoms with E-state index in [9.17, 15) is 4.79 Å². The molecular weight excluding hydrogens is 340 g/mol. The van der Waals surface area contributed by atoms with Gasteiger partial charge in [0.15, 0.2) is 6.61 Å². The topological polar surface area (TPSA) is 50.8 Å². The molecule has 5 heteroatoms. The van der Waals surface area contributed by atoms with E-state index in [0.29, 0.717) is 11.7 Å². The van der Waals surface area contributed by atoms with Gasteiger partial charge in [0.05, 0.1) is 13.2 Å². The number of benzene rings is 2. The van der Waals surface area contributed by atoms with Gasteiger partial charge < -0.3 is 14.8 Å². The van der Waals surface area contributed by atoms with E-state index < -0.39 is 0 Å². The predicted octanol–water partition coefficient (Wildman–Crippen LogP) is 3.66. The summed E-state index contributed by atoms with van der Waals surface area (Å²) < 4.78 is 11.0. The van der Waals surface area contributed by atoms with Gasteiger partial charge in [-0.3, -0.25) is 9.69 Å². The summed E-state index contributed by atoms with van der Waals surface area (Å²) in [5.74, 6) is 1.03. The molecule has 3 rings (SSSR count). The van der Waals surface area contributed by atoms with E-state index in [1.54, 1.807) is 0 Å². The van der Waals surface area contributed by atoms with Gasteiger partial charge in [-0.1, -0.05) is 44.2 Å². The zero-order valence-electron chi connectivity index (χ0n) is 16.1. The van der Waals surface area contributed by atoms with Gasteiger partial charge in [-0.15, -0.1) is 0 Å². The van der Waals surface area contributed by atoms with E-state index in [4.69, 9.17) is 9.47 Å². The van der Waals surface area contributed by atoms with Crippen molar-refractivity contribution in [1.82, 2.24) is 4.90 Å². The average molecular weight is 368 g/mol. The maximum absolute atomic E-state index is 12.3. The van der Waals surface area contributed by atoms with Crippen LogP contribution in [0.3, 0.4) is 0 Å². The molecule has 1 heterocycles. The first-order valence-electron chi connectivity index (χ1n) is 9.52. The Hall–Kier alpha value is -2.37. The number of ether oxygens (including phenoxy) is 2. The van der Waals surface area contributed by atoms with Crippen molar-refractivity contribution in [2.24, 2.45) is 0 Å². The van der Waals surface area contributed by atoms with Crippen LogP contribution in [0.1, 0.15) is 30.9 Å². The number of hydrogen-bond donors (Lipinski definition) is 1. The number of carbonyl (C=O) groups is 1. The summed E-state index contributed by atoms with van der Waals surface area (Å²) in [7, 11) is 0. The molecule has 0 radical (unpaired) electrons. The van der Waals surface area contributed by atoms with E-state index in [0.717, 1.165) is 44.1 Å². The third kappa shape index (κ3) is 5.81. The third-order valence-corrected chi connectivity index (χ3v) is 4.71. The summed E-state index contributed by atoms with van der Waals surface area (Å²) in [6.45, 7) is 8.45. The molecule has 1 aliphatic heterocycles. The minimum absolute atomic E-state index is 0.00703. The van der Waals surface area contributed by atoms with Crippen LogP contribution in [0.15, 0.2) is 48.5 Å². The maximum Gasteiger partial charge on any atom is 0.262 e. The Morgan fingerprint density at radius 1 is 1.11 bits per heavy atom. The molecule has 0 atom stereocenters. The summed E-state index contributed by atoms with van der Waals surface area (Å²) in [5, 5.41) is 2.98. The monoisotopic (exact) mass is 368 g/mol. The second kappa shape index (κ2) is 9.53. The maximum atomic E-state index is 12.3. The highest BCUT2D eigenvalue weighted by atomic mass is 16.5. The first-order valence-corrected chi connectivity index (χ1v) is 9.52. The van der Waals surface area contributed by atoms with Gasteiger partial charge in [0.25, 0.3) is 5.91 Å². The Balaban J connectivity index is 1.54. The van der Waals surface area contributed by atoms with Crippen molar-refractivity contribution >= 4 is 11.6 Å². The summed E-state index contributed by atoms with van der Waals surface area (Å²) in [6, 6.07) is 15.8. The summed E-state index contributed by atoms with van der Waals surface area (Å²) in [6.07, 6.45) is 0. The average Bonchev–Trinajstić information content (AvgIpc) is 2.69. The molecule has 5 nitrogen and oxygen atoms in total. The Morgan fingerprint density at radius 2 is 1.81 bits per heavy atom. The van der Waals surface area contributed by atoms with E-state index in [-0.39, 0.29) is 12.5 Å². The molecule has 0 unspecified atom stereocenters.